The predicted octanol–water partition coefficient (Wildman–Crippen LogP) is 15.9. The first kappa shape index (κ1) is 45.0. The Labute approximate surface area is 431 Å². The molecule has 9 aromatic carbocycles. The lowest BCUT2D eigenvalue weighted by Crippen LogP contribution is -2.04. The highest BCUT2D eigenvalue weighted by molar-refractivity contribution is 6.12. The number of benzene rings is 9. The fourth-order valence-electron chi connectivity index (χ4n) is 9.52. The second-order valence-corrected chi connectivity index (χ2v) is 17.7. The van der Waals surface area contributed by atoms with Crippen LogP contribution in [0.2, 0.25) is 0 Å². The van der Waals surface area contributed by atoms with E-state index in [1.54, 1.807) is 36.4 Å². The molecule has 10 nitrogen and oxygen atoms in total. The summed E-state index contributed by atoms with van der Waals surface area (Å²) in [5, 5.41) is 21.7. The summed E-state index contributed by atoms with van der Waals surface area (Å²) in [6.45, 7) is 15.6. The lowest BCUT2D eigenvalue weighted by molar-refractivity contribution is 1.07. The van der Waals surface area contributed by atoms with Gasteiger partial charge in [0, 0.05) is 55.3 Å². The minimum Gasteiger partial charge on any atom is -0.308 e. The minimum absolute atomic E-state index is 0.365. The molecule has 0 bridgehead atoms. The number of fused-ring (bicyclic) bond motifs is 3. The van der Waals surface area contributed by atoms with E-state index in [0.29, 0.717) is 56.9 Å². The van der Waals surface area contributed by atoms with Crippen LogP contribution in [-0.4, -0.2) is 29.5 Å². The molecular formula is C65H36N10. The fraction of sp³-hybridized carbons (Fsp3) is 0. The normalized spacial score (nSPS) is 10.9. The van der Waals surface area contributed by atoms with Crippen molar-refractivity contribution in [2.45, 2.75) is 0 Å². The summed E-state index contributed by atoms with van der Waals surface area (Å²) in [7, 11) is 0. The first-order chi connectivity index (χ1) is 36.9. The topological polar surface area (TPSA) is 126 Å². The van der Waals surface area contributed by atoms with Gasteiger partial charge < -0.3 is 4.57 Å². The predicted molar refractivity (Wildman–Crippen MR) is 295 cm³/mol. The van der Waals surface area contributed by atoms with Crippen LogP contribution in [0.5, 0.6) is 0 Å². The monoisotopic (exact) mass is 956 g/mol. The van der Waals surface area contributed by atoms with E-state index in [2.05, 4.69) is 62.8 Å². The second kappa shape index (κ2) is 19.2. The summed E-state index contributed by atoms with van der Waals surface area (Å²) >= 11 is 0. The minimum atomic E-state index is 0.365. The zero-order chi connectivity index (χ0) is 50.8. The van der Waals surface area contributed by atoms with Gasteiger partial charge in [-0.05, 0) is 107 Å². The van der Waals surface area contributed by atoms with Crippen LogP contribution in [0.4, 0.5) is 11.4 Å². The summed E-state index contributed by atoms with van der Waals surface area (Å²) in [5.41, 5.74) is 13.5. The molecule has 0 aliphatic carbocycles. The van der Waals surface area contributed by atoms with Crippen molar-refractivity contribution < 1.29 is 0 Å². The zero-order valence-corrected chi connectivity index (χ0v) is 39.8. The van der Waals surface area contributed by atoms with E-state index in [9.17, 15) is 10.5 Å². The van der Waals surface area contributed by atoms with Crippen molar-refractivity contribution in [1.29, 1.82) is 10.5 Å². The summed E-state index contributed by atoms with van der Waals surface area (Å²) in [5.74, 6) is 1.99. The van der Waals surface area contributed by atoms with Crippen LogP contribution in [-0.2, 0) is 0 Å². The van der Waals surface area contributed by atoms with E-state index in [1.165, 1.54) is 0 Å². The van der Waals surface area contributed by atoms with Crippen LogP contribution in [0.3, 0.4) is 0 Å². The van der Waals surface area contributed by atoms with Crippen molar-refractivity contribution in [3.8, 4) is 108 Å². The summed E-state index contributed by atoms with van der Waals surface area (Å²) in [6.07, 6.45) is 0. The highest BCUT2D eigenvalue weighted by Gasteiger charge is 2.23. The van der Waals surface area contributed by atoms with Gasteiger partial charge in [0.2, 0.25) is 0 Å². The van der Waals surface area contributed by atoms with Gasteiger partial charge in [-0.3, -0.25) is 0 Å². The zero-order valence-electron chi connectivity index (χ0n) is 39.8. The van der Waals surface area contributed by atoms with Crippen molar-refractivity contribution in [1.82, 2.24) is 29.5 Å². The standard InChI is InChI=1S/C65H36N10/c1-68-52-31-41(39-66)29-50(33-52)47-23-26-59-54(35-47)55-36-48(51-30-42(40-67)32-53(34-51)69-2)24-27-60(55)75(59)61-28-25-49(64-73-62(45-19-11-5-12-20-45)72-63(74-64)46-21-13-6-14-22-46)37-56(61)65-70-57(43-15-7-3-8-16-43)38-58(71-65)44-17-9-4-10-18-44/h3-38H. The third-order valence-corrected chi connectivity index (χ3v) is 13.1. The van der Waals surface area contributed by atoms with Gasteiger partial charge in [0.05, 0.1) is 53.4 Å². The molecule has 12 aromatic rings. The lowest BCUT2D eigenvalue weighted by atomic mass is 9.98. The largest absolute Gasteiger partial charge is 0.308 e. The molecule has 0 aliphatic heterocycles. The third kappa shape index (κ3) is 8.66. The molecule has 75 heavy (non-hydrogen) atoms. The van der Waals surface area contributed by atoms with Crippen molar-refractivity contribution >= 4 is 33.2 Å². The van der Waals surface area contributed by atoms with Gasteiger partial charge in [0.1, 0.15) is 0 Å². The first-order valence-corrected chi connectivity index (χ1v) is 23.9. The van der Waals surface area contributed by atoms with E-state index in [4.69, 9.17) is 38.1 Å². The Balaban J connectivity index is 1.16. The quantitative estimate of drug-likeness (QED) is 0.132. The Hall–Kier alpha value is -11.2. The molecule has 0 radical (unpaired) electrons. The Morgan fingerprint density at radius 3 is 1.19 bits per heavy atom. The average molecular weight is 957 g/mol. The van der Waals surface area contributed by atoms with Gasteiger partial charge in [0.25, 0.3) is 0 Å². The van der Waals surface area contributed by atoms with Crippen molar-refractivity contribution in [3.05, 3.63) is 252 Å². The molecule has 12 rings (SSSR count). The molecule has 3 heterocycles. The van der Waals surface area contributed by atoms with Gasteiger partial charge in [0.15, 0.2) is 34.7 Å². The first-order valence-electron chi connectivity index (χ1n) is 23.9. The van der Waals surface area contributed by atoms with Crippen LogP contribution in [0.25, 0.3) is 128 Å². The van der Waals surface area contributed by atoms with E-state index < -0.39 is 0 Å². The number of hydrogen-bond acceptors (Lipinski definition) is 7. The van der Waals surface area contributed by atoms with Gasteiger partial charge in [-0.15, -0.1) is 0 Å². The van der Waals surface area contributed by atoms with E-state index >= 15 is 0 Å². The summed E-state index contributed by atoms with van der Waals surface area (Å²) in [4.78, 5) is 33.4. The van der Waals surface area contributed by atoms with Crippen LogP contribution in [0.1, 0.15) is 11.1 Å². The lowest BCUT2D eigenvalue weighted by Gasteiger charge is -2.17. The van der Waals surface area contributed by atoms with Crippen molar-refractivity contribution in [2.24, 2.45) is 0 Å². The molecule has 0 N–H and O–H groups in total. The van der Waals surface area contributed by atoms with Crippen LogP contribution >= 0.6 is 0 Å². The number of hydrogen-bond donors (Lipinski definition) is 0. The molecule has 0 unspecified atom stereocenters. The van der Waals surface area contributed by atoms with Gasteiger partial charge in [-0.2, -0.15) is 10.5 Å². The average Bonchev–Trinajstić information content (AvgIpc) is 3.88. The number of nitriles is 2. The van der Waals surface area contributed by atoms with E-state index in [0.717, 1.165) is 83.4 Å². The van der Waals surface area contributed by atoms with Gasteiger partial charge in [-0.1, -0.05) is 133 Å². The highest BCUT2D eigenvalue weighted by Crippen LogP contribution is 2.42. The molecule has 10 heteroatoms. The summed E-state index contributed by atoms with van der Waals surface area (Å²) < 4.78 is 2.21. The number of rotatable bonds is 9. The molecule has 0 saturated heterocycles. The molecule has 0 aliphatic rings. The van der Waals surface area contributed by atoms with E-state index in [-0.39, 0.29) is 0 Å². The molecule has 0 amide bonds. The molecule has 3 aromatic heterocycles. The van der Waals surface area contributed by atoms with Crippen molar-refractivity contribution in [3.63, 3.8) is 0 Å². The Bertz CT molecular complexity index is 4080. The fourth-order valence-corrected chi connectivity index (χ4v) is 9.52. The molecule has 346 valence electrons. The second-order valence-electron chi connectivity index (χ2n) is 17.7. The number of nitrogens with zero attached hydrogens (tertiary/aromatic N) is 10. The van der Waals surface area contributed by atoms with Crippen molar-refractivity contribution in [2.75, 3.05) is 0 Å². The van der Waals surface area contributed by atoms with Crippen LogP contribution in [0, 0.1) is 35.8 Å². The van der Waals surface area contributed by atoms with Gasteiger partial charge >= 0.3 is 0 Å². The number of aromatic nitrogens is 6. The molecule has 0 fully saturated rings. The van der Waals surface area contributed by atoms with Crippen LogP contribution in [0.15, 0.2) is 218 Å². The third-order valence-electron chi connectivity index (χ3n) is 13.1. The van der Waals surface area contributed by atoms with E-state index in [1.807, 2.05) is 146 Å². The maximum absolute atomic E-state index is 9.98. The van der Waals surface area contributed by atoms with Crippen LogP contribution < -0.4 is 0 Å². The Morgan fingerprint density at radius 1 is 0.347 bits per heavy atom. The Kier molecular flexibility index (Phi) is 11.5. The molecular weight excluding hydrogens is 921 g/mol. The molecule has 0 saturated carbocycles. The van der Waals surface area contributed by atoms with Gasteiger partial charge in [-0.25, -0.2) is 34.6 Å². The maximum atomic E-state index is 9.98. The summed E-state index contributed by atoms with van der Waals surface area (Å²) in [6, 6.07) is 75.2. The molecule has 0 spiro atoms. The Morgan fingerprint density at radius 2 is 0.760 bits per heavy atom. The smallest absolute Gasteiger partial charge is 0.189 e. The SMILES string of the molecule is [C-]#[N+]c1cc(C#N)cc(-c2ccc3c(c2)c2cc(-c4cc(C#N)cc([N+]#[C-])c4)ccc2n3-c2ccc(-c3nc(-c4ccccc4)nc(-c4ccccc4)n3)cc2-c2nc(-c3ccccc3)cc(-c3ccccc3)n2)c1. The maximum Gasteiger partial charge on any atom is 0.189 e. The highest BCUT2D eigenvalue weighted by atomic mass is 15.0. The molecule has 0 atom stereocenters.